The van der Waals surface area contributed by atoms with Crippen molar-refractivity contribution in [3.05, 3.63) is 47.5 Å². The number of rotatable bonds is 2. The molecule has 2 aliphatic heterocycles. The molecular weight excluding hydrogens is 271 g/mol. The molecule has 0 radical (unpaired) electrons. The van der Waals surface area contributed by atoms with Crippen LogP contribution in [0.3, 0.4) is 0 Å². The Morgan fingerprint density at radius 2 is 2.00 bits per heavy atom. The summed E-state index contributed by atoms with van der Waals surface area (Å²) in [4.78, 5) is 17.9. The molecule has 1 aromatic heterocycles. The van der Waals surface area contributed by atoms with Gasteiger partial charge in [0.05, 0.1) is 19.1 Å². The zero-order valence-corrected chi connectivity index (χ0v) is 11.4. The third kappa shape index (κ3) is 2.02. The fourth-order valence-corrected chi connectivity index (χ4v) is 2.97. The van der Waals surface area contributed by atoms with E-state index in [0.717, 1.165) is 18.7 Å². The Bertz CT molecular complexity index is 678. The van der Waals surface area contributed by atoms with E-state index in [1.54, 1.807) is 0 Å². The average molecular weight is 286 g/mol. The van der Waals surface area contributed by atoms with Crippen molar-refractivity contribution >= 4 is 5.91 Å². The largest absolute Gasteiger partial charge is 0.330 e. The molecule has 0 N–H and O–H groups in total. The highest BCUT2D eigenvalue weighted by atomic mass is 19.1. The van der Waals surface area contributed by atoms with Crippen molar-refractivity contribution < 1.29 is 9.18 Å². The number of aromatic nitrogens is 3. The van der Waals surface area contributed by atoms with Crippen LogP contribution in [0.15, 0.2) is 30.3 Å². The van der Waals surface area contributed by atoms with Crippen LogP contribution < -0.4 is 0 Å². The molecule has 1 unspecified atom stereocenters. The van der Waals surface area contributed by atoms with Crippen LogP contribution >= 0.6 is 0 Å². The van der Waals surface area contributed by atoms with Crippen LogP contribution in [0.1, 0.15) is 34.5 Å². The molecule has 6 heteroatoms. The number of hydrogen-bond acceptors (Lipinski definition) is 3. The van der Waals surface area contributed by atoms with E-state index >= 15 is 0 Å². The summed E-state index contributed by atoms with van der Waals surface area (Å²) < 4.78 is 14.7. The molecule has 1 saturated heterocycles. The van der Waals surface area contributed by atoms with Gasteiger partial charge >= 0.3 is 0 Å². The monoisotopic (exact) mass is 286 g/mol. The Balaban J connectivity index is 1.60. The lowest BCUT2D eigenvalue weighted by atomic mass is 10.1. The summed E-state index contributed by atoms with van der Waals surface area (Å²) in [7, 11) is 0. The second-order valence-corrected chi connectivity index (χ2v) is 5.57. The fraction of sp³-hybridized carbons (Fsp3) is 0.400. The minimum Gasteiger partial charge on any atom is -0.330 e. The number of likely N-dealkylation sites (tertiary alicyclic amines) is 1. The van der Waals surface area contributed by atoms with Gasteiger partial charge in [-0.1, -0.05) is 30.3 Å². The summed E-state index contributed by atoms with van der Waals surface area (Å²) in [5, 5.41) is 4.37. The number of alkyl halides is 1. The first-order valence-electron chi connectivity index (χ1n) is 7.16. The second kappa shape index (κ2) is 4.65. The number of benzene rings is 1. The minimum atomic E-state index is -0.902. The van der Waals surface area contributed by atoms with E-state index in [9.17, 15) is 9.18 Å². The van der Waals surface area contributed by atoms with Crippen LogP contribution in [0.5, 0.6) is 0 Å². The van der Waals surface area contributed by atoms with E-state index in [0.29, 0.717) is 0 Å². The third-order valence-corrected chi connectivity index (χ3v) is 4.14. The van der Waals surface area contributed by atoms with Gasteiger partial charge in [0.2, 0.25) is 5.82 Å². The van der Waals surface area contributed by atoms with Crippen molar-refractivity contribution in [2.45, 2.75) is 25.1 Å². The lowest BCUT2D eigenvalue weighted by Gasteiger charge is -2.33. The fourth-order valence-electron chi connectivity index (χ4n) is 2.97. The summed E-state index contributed by atoms with van der Waals surface area (Å²) in [6.07, 6.45) is 0.857. The van der Waals surface area contributed by atoms with E-state index in [-0.39, 0.29) is 30.9 Å². The molecular formula is C15H15FN4O. The third-order valence-electron chi connectivity index (χ3n) is 4.14. The van der Waals surface area contributed by atoms with Crippen LogP contribution in [0.25, 0.3) is 0 Å². The number of carbonyl (C=O) groups is 1. The summed E-state index contributed by atoms with van der Waals surface area (Å²) in [6.45, 7) is 0.315. The van der Waals surface area contributed by atoms with Gasteiger partial charge in [0.15, 0.2) is 0 Å². The van der Waals surface area contributed by atoms with Gasteiger partial charge in [-0.15, -0.1) is 5.10 Å². The molecule has 0 aliphatic carbocycles. The van der Waals surface area contributed by atoms with Gasteiger partial charge in [-0.2, -0.15) is 0 Å². The molecule has 21 heavy (non-hydrogen) atoms. The van der Waals surface area contributed by atoms with Crippen molar-refractivity contribution in [3.8, 4) is 0 Å². The first-order chi connectivity index (χ1) is 10.2. The van der Waals surface area contributed by atoms with Crippen molar-refractivity contribution in [2.75, 3.05) is 13.1 Å². The Hall–Kier alpha value is -2.24. The molecule has 3 heterocycles. The zero-order chi connectivity index (χ0) is 14.4. The minimum absolute atomic E-state index is 0.139. The predicted octanol–water partition coefficient (Wildman–Crippen LogP) is 1.61. The highest BCUT2D eigenvalue weighted by Crippen LogP contribution is 2.30. The van der Waals surface area contributed by atoms with Crippen molar-refractivity contribution in [3.63, 3.8) is 0 Å². The Morgan fingerprint density at radius 1 is 1.24 bits per heavy atom. The van der Waals surface area contributed by atoms with Crippen LogP contribution in [0.4, 0.5) is 4.39 Å². The molecule has 1 fully saturated rings. The SMILES string of the molecule is O=C(c1nc2n(n1)C(c1ccccc1)CC2)N1CC(F)C1. The lowest BCUT2D eigenvalue weighted by Crippen LogP contribution is -2.51. The van der Waals surface area contributed by atoms with Crippen LogP contribution in [-0.4, -0.2) is 44.8 Å². The summed E-state index contributed by atoms with van der Waals surface area (Å²) in [5.41, 5.74) is 1.17. The summed E-state index contributed by atoms with van der Waals surface area (Å²) in [5.74, 6) is 0.764. The van der Waals surface area contributed by atoms with Crippen molar-refractivity contribution in [1.82, 2.24) is 19.7 Å². The zero-order valence-electron chi connectivity index (χ0n) is 11.4. The molecule has 0 bridgehead atoms. The molecule has 1 atom stereocenters. The smallest absolute Gasteiger partial charge is 0.293 e. The molecule has 0 spiro atoms. The molecule has 4 rings (SSSR count). The number of hydrogen-bond donors (Lipinski definition) is 0. The maximum atomic E-state index is 12.8. The van der Waals surface area contributed by atoms with Crippen LogP contribution in [-0.2, 0) is 6.42 Å². The first kappa shape index (κ1) is 12.5. The molecule has 1 amide bonds. The van der Waals surface area contributed by atoms with Gasteiger partial charge in [-0.3, -0.25) is 4.79 Å². The van der Waals surface area contributed by atoms with Gasteiger partial charge in [0.1, 0.15) is 12.0 Å². The molecule has 2 aromatic rings. The predicted molar refractivity (Wildman–Crippen MR) is 73.7 cm³/mol. The van der Waals surface area contributed by atoms with Crippen molar-refractivity contribution in [2.24, 2.45) is 0 Å². The highest BCUT2D eigenvalue weighted by Gasteiger charge is 2.35. The van der Waals surface area contributed by atoms with Crippen LogP contribution in [0.2, 0.25) is 0 Å². The van der Waals surface area contributed by atoms with Gasteiger partial charge in [0, 0.05) is 6.42 Å². The van der Waals surface area contributed by atoms with Gasteiger partial charge < -0.3 is 4.90 Å². The van der Waals surface area contributed by atoms with E-state index in [1.165, 1.54) is 10.5 Å². The van der Waals surface area contributed by atoms with E-state index in [2.05, 4.69) is 22.2 Å². The van der Waals surface area contributed by atoms with Crippen molar-refractivity contribution in [1.29, 1.82) is 0 Å². The van der Waals surface area contributed by atoms with Crippen LogP contribution in [0, 0.1) is 0 Å². The molecule has 5 nitrogen and oxygen atoms in total. The van der Waals surface area contributed by atoms with Gasteiger partial charge in [-0.25, -0.2) is 14.1 Å². The number of fused-ring (bicyclic) bond motifs is 1. The maximum Gasteiger partial charge on any atom is 0.293 e. The molecule has 108 valence electrons. The highest BCUT2D eigenvalue weighted by molar-refractivity contribution is 5.91. The normalized spacial score (nSPS) is 21.2. The number of nitrogens with zero attached hydrogens (tertiary/aromatic N) is 4. The molecule has 1 aromatic carbocycles. The Labute approximate surface area is 121 Å². The molecule has 0 saturated carbocycles. The summed E-state index contributed by atoms with van der Waals surface area (Å²) >= 11 is 0. The number of aryl methyl sites for hydroxylation is 1. The topological polar surface area (TPSA) is 51.0 Å². The number of halogens is 1. The standard InChI is InChI=1S/C15H15FN4O/c16-11-8-19(9-11)15(21)14-17-13-7-6-12(20(13)18-14)10-4-2-1-3-5-10/h1-5,11-12H,6-9H2. The van der Waals surface area contributed by atoms with E-state index in [4.69, 9.17) is 0 Å². The Kier molecular flexibility index (Phi) is 2.77. The molecule has 2 aliphatic rings. The number of carbonyl (C=O) groups excluding carboxylic acids is 1. The first-order valence-corrected chi connectivity index (χ1v) is 7.16. The maximum absolute atomic E-state index is 12.8. The van der Waals surface area contributed by atoms with Gasteiger partial charge in [-0.05, 0) is 12.0 Å². The summed E-state index contributed by atoms with van der Waals surface area (Å²) in [6, 6.07) is 10.2. The Morgan fingerprint density at radius 3 is 2.71 bits per heavy atom. The van der Waals surface area contributed by atoms with Gasteiger partial charge in [0.25, 0.3) is 5.91 Å². The quantitative estimate of drug-likeness (QED) is 0.842. The lowest BCUT2D eigenvalue weighted by molar-refractivity contribution is 0.0388. The van der Waals surface area contributed by atoms with E-state index < -0.39 is 6.17 Å². The number of amides is 1. The average Bonchev–Trinajstić information content (AvgIpc) is 3.04. The van der Waals surface area contributed by atoms with E-state index in [1.807, 2.05) is 22.9 Å². The second-order valence-electron chi connectivity index (χ2n) is 5.57.